The zero-order chi connectivity index (χ0) is 21.6. The number of aliphatic hydroxyl groups is 1. The highest BCUT2D eigenvalue weighted by molar-refractivity contribution is 7.99. The second-order valence-electron chi connectivity index (χ2n) is 6.17. The molecule has 0 amide bonds. The van der Waals surface area contributed by atoms with Crippen LogP contribution in [-0.2, 0) is 12.8 Å². The average Bonchev–Trinajstić information content (AvgIpc) is 3.15. The van der Waals surface area contributed by atoms with Crippen LogP contribution in [0.4, 0.5) is 13.2 Å². The average molecular weight is 439 g/mol. The molecule has 30 heavy (non-hydrogen) atoms. The SMILES string of the molecule is COc1ccc(OCc2nnc(SCCCO)n2-c2cccc(C(F)(F)F)c2)cc1. The van der Waals surface area contributed by atoms with Gasteiger partial charge in [0.05, 0.1) is 18.4 Å². The molecule has 0 saturated carbocycles. The molecule has 6 nitrogen and oxygen atoms in total. The van der Waals surface area contributed by atoms with Crippen LogP contribution in [0.1, 0.15) is 17.8 Å². The van der Waals surface area contributed by atoms with Crippen molar-refractivity contribution in [2.75, 3.05) is 19.5 Å². The number of aromatic nitrogens is 3. The lowest BCUT2D eigenvalue weighted by atomic mass is 10.2. The zero-order valence-corrected chi connectivity index (χ0v) is 16.9. The summed E-state index contributed by atoms with van der Waals surface area (Å²) < 4.78 is 51.9. The molecule has 0 aliphatic heterocycles. The highest BCUT2D eigenvalue weighted by Crippen LogP contribution is 2.32. The Morgan fingerprint density at radius 1 is 1.07 bits per heavy atom. The Labute approximate surface area is 175 Å². The van der Waals surface area contributed by atoms with Gasteiger partial charge in [0.15, 0.2) is 11.0 Å². The van der Waals surface area contributed by atoms with E-state index < -0.39 is 11.7 Å². The predicted octanol–water partition coefficient (Wildman–Crippen LogP) is 4.35. The van der Waals surface area contributed by atoms with Gasteiger partial charge in [0.25, 0.3) is 0 Å². The molecule has 1 heterocycles. The largest absolute Gasteiger partial charge is 0.497 e. The van der Waals surface area contributed by atoms with E-state index in [0.717, 1.165) is 12.1 Å². The first kappa shape index (κ1) is 22.0. The quantitative estimate of drug-likeness (QED) is 0.395. The number of benzene rings is 2. The Kier molecular flexibility index (Phi) is 7.22. The summed E-state index contributed by atoms with van der Waals surface area (Å²) in [5.41, 5.74) is -0.475. The van der Waals surface area contributed by atoms with Gasteiger partial charge in [-0.2, -0.15) is 13.2 Å². The van der Waals surface area contributed by atoms with E-state index in [1.54, 1.807) is 42.0 Å². The number of thioether (sulfide) groups is 1. The van der Waals surface area contributed by atoms with Crippen LogP contribution in [0, 0.1) is 0 Å². The van der Waals surface area contributed by atoms with Crippen LogP contribution in [0.25, 0.3) is 5.69 Å². The fourth-order valence-electron chi connectivity index (χ4n) is 2.62. The molecule has 0 atom stereocenters. The number of alkyl halides is 3. The molecule has 0 radical (unpaired) electrons. The van der Waals surface area contributed by atoms with Crippen LogP contribution >= 0.6 is 11.8 Å². The number of nitrogens with zero attached hydrogens (tertiary/aromatic N) is 3. The van der Waals surface area contributed by atoms with Gasteiger partial charge >= 0.3 is 6.18 Å². The topological polar surface area (TPSA) is 69.4 Å². The Morgan fingerprint density at radius 3 is 2.47 bits per heavy atom. The Hall–Kier alpha value is -2.72. The van der Waals surface area contributed by atoms with Crippen LogP contribution < -0.4 is 9.47 Å². The van der Waals surface area contributed by atoms with Gasteiger partial charge in [-0.1, -0.05) is 17.8 Å². The third kappa shape index (κ3) is 5.45. The van der Waals surface area contributed by atoms with Crippen LogP contribution in [0.15, 0.2) is 53.7 Å². The van der Waals surface area contributed by atoms with E-state index in [9.17, 15) is 13.2 Å². The van der Waals surface area contributed by atoms with Crippen molar-refractivity contribution in [3.05, 3.63) is 59.9 Å². The number of aliphatic hydroxyl groups excluding tert-OH is 1. The minimum absolute atomic E-state index is 0.0101. The van der Waals surface area contributed by atoms with Crippen LogP contribution in [0.2, 0.25) is 0 Å². The van der Waals surface area contributed by atoms with Crippen LogP contribution in [-0.4, -0.2) is 39.3 Å². The van der Waals surface area contributed by atoms with E-state index in [0.29, 0.717) is 34.7 Å². The maximum Gasteiger partial charge on any atom is 0.416 e. The van der Waals surface area contributed by atoms with Gasteiger partial charge < -0.3 is 14.6 Å². The lowest BCUT2D eigenvalue weighted by Crippen LogP contribution is -2.09. The first-order valence-corrected chi connectivity index (χ1v) is 10.0. The standard InChI is InChI=1S/C20H20F3N3O3S/c1-28-16-6-8-17(9-7-16)29-13-18-24-25-19(30-11-3-10-27)26(18)15-5-2-4-14(12-15)20(21,22)23/h2,4-9,12,27H,3,10-11,13H2,1H3. The summed E-state index contributed by atoms with van der Waals surface area (Å²) in [6, 6.07) is 11.9. The minimum Gasteiger partial charge on any atom is -0.497 e. The first-order valence-electron chi connectivity index (χ1n) is 9.05. The summed E-state index contributed by atoms with van der Waals surface area (Å²) >= 11 is 1.30. The van der Waals surface area contributed by atoms with Crippen molar-refractivity contribution < 1.29 is 27.8 Å². The van der Waals surface area contributed by atoms with E-state index in [2.05, 4.69) is 10.2 Å². The van der Waals surface area contributed by atoms with E-state index in [1.807, 2.05) is 0 Å². The summed E-state index contributed by atoms with van der Waals surface area (Å²) in [4.78, 5) is 0. The summed E-state index contributed by atoms with van der Waals surface area (Å²) in [7, 11) is 1.56. The Morgan fingerprint density at radius 2 is 1.80 bits per heavy atom. The maximum absolute atomic E-state index is 13.2. The molecule has 160 valence electrons. The second kappa shape index (κ2) is 9.86. The van der Waals surface area contributed by atoms with Crippen LogP contribution in [0.5, 0.6) is 11.5 Å². The van der Waals surface area contributed by atoms with Crippen molar-refractivity contribution in [3.63, 3.8) is 0 Å². The number of rotatable bonds is 9. The lowest BCUT2D eigenvalue weighted by molar-refractivity contribution is -0.137. The van der Waals surface area contributed by atoms with E-state index in [1.165, 1.54) is 17.8 Å². The minimum atomic E-state index is -4.46. The number of halogens is 3. The van der Waals surface area contributed by atoms with Gasteiger partial charge in [0, 0.05) is 12.4 Å². The fourth-order valence-corrected chi connectivity index (χ4v) is 3.51. The van der Waals surface area contributed by atoms with E-state index in [4.69, 9.17) is 14.6 Å². The summed E-state index contributed by atoms with van der Waals surface area (Å²) in [6.07, 6.45) is -3.94. The lowest BCUT2D eigenvalue weighted by Gasteiger charge is -2.13. The molecule has 0 unspecified atom stereocenters. The van der Waals surface area contributed by atoms with Crippen molar-refractivity contribution in [1.29, 1.82) is 0 Å². The molecule has 10 heteroatoms. The van der Waals surface area contributed by atoms with Crippen molar-refractivity contribution in [2.45, 2.75) is 24.4 Å². The third-order valence-corrected chi connectivity index (χ3v) is 5.11. The van der Waals surface area contributed by atoms with Crippen molar-refractivity contribution in [2.24, 2.45) is 0 Å². The second-order valence-corrected chi connectivity index (χ2v) is 7.23. The molecule has 1 N–H and O–H groups in total. The Bertz CT molecular complexity index is 962. The number of ether oxygens (including phenoxy) is 2. The highest BCUT2D eigenvalue weighted by Gasteiger charge is 2.31. The molecule has 3 rings (SSSR count). The van der Waals surface area contributed by atoms with Gasteiger partial charge in [0.1, 0.15) is 18.1 Å². The van der Waals surface area contributed by atoms with E-state index in [-0.39, 0.29) is 18.9 Å². The first-order chi connectivity index (χ1) is 14.4. The molecule has 3 aromatic rings. The number of hydrogen-bond donors (Lipinski definition) is 1. The predicted molar refractivity (Wildman–Crippen MR) is 106 cm³/mol. The molecule has 1 aromatic heterocycles. The normalized spacial score (nSPS) is 11.5. The van der Waals surface area contributed by atoms with Crippen LogP contribution in [0.3, 0.4) is 0 Å². The molecule has 2 aromatic carbocycles. The molecular formula is C20H20F3N3O3S. The highest BCUT2D eigenvalue weighted by atomic mass is 32.2. The van der Waals surface area contributed by atoms with Gasteiger partial charge in [-0.3, -0.25) is 4.57 Å². The van der Waals surface area contributed by atoms with Gasteiger partial charge in [0.2, 0.25) is 0 Å². The smallest absolute Gasteiger partial charge is 0.416 e. The molecule has 0 aliphatic carbocycles. The molecular weight excluding hydrogens is 419 g/mol. The number of methoxy groups -OCH3 is 1. The van der Waals surface area contributed by atoms with Crippen molar-refractivity contribution >= 4 is 11.8 Å². The molecule has 0 aliphatic rings. The molecule has 0 bridgehead atoms. The van der Waals surface area contributed by atoms with Crippen molar-refractivity contribution in [1.82, 2.24) is 14.8 Å². The summed E-state index contributed by atoms with van der Waals surface area (Å²) in [6.45, 7) is 0.0221. The van der Waals surface area contributed by atoms with Crippen molar-refractivity contribution in [3.8, 4) is 17.2 Å². The fraction of sp³-hybridized carbons (Fsp3) is 0.300. The maximum atomic E-state index is 13.2. The monoisotopic (exact) mass is 439 g/mol. The molecule has 0 spiro atoms. The molecule has 0 saturated heterocycles. The summed E-state index contributed by atoms with van der Waals surface area (Å²) in [5, 5.41) is 17.6. The van der Waals surface area contributed by atoms with E-state index >= 15 is 0 Å². The summed E-state index contributed by atoms with van der Waals surface area (Å²) in [5.74, 6) is 2.14. The zero-order valence-electron chi connectivity index (χ0n) is 16.1. The van der Waals surface area contributed by atoms with Gasteiger partial charge in [-0.25, -0.2) is 0 Å². The molecule has 0 fully saturated rings. The van der Waals surface area contributed by atoms with Gasteiger partial charge in [-0.05, 0) is 48.9 Å². The third-order valence-electron chi connectivity index (χ3n) is 4.09. The van der Waals surface area contributed by atoms with Gasteiger partial charge in [-0.15, -0.1) is 10.2 Å². The number of hydrogen-bond acceptors (Lipinski definition) is 6. The Balaban J connectivity index is 1.89.